The number of carbonyl (C=O) groups excluding carboxylic acids is 2. The normalized spacial score (nSPS) is 9.68. The molecule has 0 saturated heterocycles. The van der Waals surface area contributed by atoms with Gasteiger partial charge in [-0.15, -0.1) is 0 Å². The van der Waals surface area contributed by atoms with Crippen molar-refractivity contribution in [3.05, 3.63) is 0 Å². The highest BCUT2D eigenvalue weighted by Crippen LogP contribution is 2.02. The summed E-state index contributed by atoms with van der Waals surface area (Å²) in [6.07, 6.45) is 4.17. The molecule has 0 aromatic heterocycles. The molecule has 0 aromatic rings. The molecule has 0 fully saturated rings. The Labute approximate surface area is 155 Å². The molecule has 6 heteroatoms. The van der Waals surface area contributed by atoms with Crippen LogP contribution in [-0.2, 0) is 19.1 Å². The van der Waals surface area contributed by atoms with Crippen molar-refractivity contribution in [2.45, 2.75) is 73.6 Å². The van der Waals surface area contributed by atoms with Crippen molar-refractivity contribution in [2.75, 3.05) is 40.4 Å². The van der Waals surface area contributed by atoms with Crippen LogP contribution >= 0.6 is 0 Å². The van der Waals surface area contributed by atoms with Crippen molar-refractivity contribution < 1.29 is 19.1 Å². The van der Waals surface area contributed by atoms with Crippen molar-refractivity contribution in [1.82, 2.24) is 10.0 Å². The topological polar surface area (TPSA) is 59.1 Å². The zero-order chi connectivity index (χ0) is 20.1. The van der Waals surface area contributed by atoms with Gasteiger partial charge in [-0.25, -0.2) is 10.0 Å². The van der Waals surface area contributed by atoms with Gasteiger partial charge in [-0.3, -0.25) is 9.59 Å². The van der Waals surface area contributed by atoms with E-state index in [0.29, 0.717) is 19.6 Å². The maximum atomic E-state index is 11.2. The van der Waals surface area contributed by atoms with E-state index in [1.807, 2.05) is 48.7 Å². The molecule has 0 unspecified atom stereocenters. The van der Waals surface area contributed by atoms with E-state index in [0.717, 1.165) is 38.8 Å². The first-order valence-corrected chi connectivity index (χ1v) is 9.68. The van der Waals surface area contributed by atoms with Crippen LogP contribution in [-0.4, -0.2) is 62.4 Å². The summed E-state index contributed by atoms with van der Waals surface area (Å²) in [6, 6.07) is 0. The van der Waals surface area contributed by atoms with E-state index in [-0.39, 0.29) is 11.9 Å². The average molecular weight is 363 g/mol. The highest BCUT2D eigenvalue weighted by molar-refractivity contribution is 5.69. The van der Waals surface area contributed by atoms with Gasteiger partial charge in [0.25, 0.3) is 0 Å². The Balaban J connectivity index is -0.00000112. The van der Waals surface area contributed by atoms with Crippen LogP contribution in [0.3, 0.4) is 0 Å². The standard InChI is InChI=1S/C15H30N2O4.2C2H6/c1-5-20-15(19)10-6-7-11-16(3)17(4)12-8-9-13-21-14(2)18;2*1-2/h5-13H2,1-4H3;2*1-2H3. The lowest BCUT2D eigenvalue weighted by molar-refractivity contribution is -0.143. The number of esters is 2. The Morgan fingerprint density at radius 1 is 0.800 bits per heavy atom. The van der Waals surface area contributed by atoms with E-state index in [1.54, 1.807) is 0 Å². The van der Waals surface area contributed by atoms with Crippen molar-refractivity contribution in [3.63, 3.8) is 0 Å². The maximum Gasteiger partial charge on any atom is 0.305 e. The Kier molecular flexibility index (Phi) is 26.2. The Morgan fingerprint density at radius 2 is 1.28 bits per heavy atom. The summed E-state index contributed by atoms with van der Waals surface area (Å²) >= 11 is 0. The Hall–Kier alpha value is -1.14. The number of hydrazine groups is 1. The lowest BCUT2D eigenvalue weighted by atomic mass is 10.2. The van der Waals surface area contributed by atoms with E-state index in [9.17, 15) is 9.59 Å². The van der Waals surface area contributed by atoms with E-state index in [2.05, 4.69) is 10.0 Å². The van der Waals surface area contributed by atoms with Gasteiger partial charge in [-0.05, 0) is 32.6 Å². The molecular weight excluding hydrogens is 320 g/mol. The SMILES string of the molecule is CC.CC.CCOC(=O)CCCCN(C)N(C)CCCCOC(C)=O. The van der Waals surface area contributed by atoms with Crippen molar-refractivity contribution in [3.8, 4) is 0 Å². The lowest BCUT2D eigenvalue weighted by Crippen LogP contribution is -2.38. The molecule has 6 nitrogen and oxygen atoms in total. The summed E-state index contributed by atoms with van der Waals surface area (Å²) in [5.74, 6) is -0.332. The fourth-order valence-electron chi connectivity index (χ4n) is 1.84. The fraction of sp³-hybridized carbons (Fsp3) is 0.895. The van der Waals surface area contributed by atoms with Gasteiger partial charge in [0.1, 0.15) is 0 Å². The molecule has 25 heavy (non-hydrogen) atoms. The molecule has 0 bridgehead atoms. The zero-order valence-electron chi connectivity index (χ0n) is 17.9. The lowest BCUT2D eigenvalue weighted by Gasteiger charge is -2.28. The Morgan fingerprint density at radius 3 is 1.72 bits per heavy atom. The molecule has 0 aliphatic carbocycles. The molecule has 0 aromatic carbocycles. The number of unbranched alkanes of at least 4 members (excludes halogenated alkanes) is 2. The average Bonchev–Trinajstić information content (AvgIpc) is 2.61. The first-order valence-electron chi connectivity index (χ1n) is 9.68. The maximum absolute atomic E-state index is 11.2. The zero-order valence-corrected chi connectivity index (χ0v) is 17.9. The molecule has 0 aliphatic rings. The molecule has 0 amide bonds. The van der Waals surface area contributed by atoms with Gasteiger partial charge in [0.2, 0.25) is 0 Å². The fourth-order valence-corrected chi connectivity index (χ4v) is 1.84. The molecular formula is C19H42N2O4. The second-order valence-electron chi connectivity index (χ2n) is 5.07. The van der Waals surface area contributed by atoms with Crippen LogP contribution in [0.1, 0.15) is 73.6 Å². The monoisotopic (exact) mass is 362 g/mol. The quantitative estimate of drug-likeness (QED) is 0.298. The summed E-state index contributed by atoms with van der Waals surface area (Å²) in [7, 11) is 4.08. The van der Waals surface area contributed by atoms with E-state index in [4.69, 9.17) is 9.47 Å². The minimum absolute atomic E-state index is 0.112. The van der Waals surface area contributed by atoms with Crippen LogP contribution in [0.5, 0.6) is 0 Å². The van der Waals surface area contributed by atoms with Crippen molar-refractivity contribution in [1.29, 1.82) is 0 Å². The predicted molar refractivity (Wildman–Crippen MR) is 104 cm³/mol. The van der Waals surface area contributed by atoms with Crippen LogP contribution in [0.25, 0.3) is 0 Å². The molecule has 0 radical (unpaired) electrons. The highest BCUT2D eigenvalue weighted by Gasteiger charge is 2.07. The smallest absolute Gasteiger partial charge is 0.305 e. The minimum Gasteiger partial charge on any atom is -0.466 e. The number of carbonyl (C=O) groups is 2. The third kappa shape index (κ3) is 22.9. The van der Waals surface area contributed by atoms with Gasteiger partial charge >= 0.3 is 11.9 Å². The predicted octanol–water partition coefficient (Wildman–Crippen LogP) is 3.89. The molecule has 0 rings (SSSR count). The summed E-state index contributed by atoms with van der Waals surface area (Å²) in [5, 5.41) is 4.30. The largest absolute Gasteiger partial charge is 0.466 e. The first kappa shape index (κ1) is 28.7. The molecule has 0 heterocycles. The number of ether oxygens (including phenoxy) is 2. The van der Waals surface area contributed by atoms with Crippen LogP contribution in [0.2, 0.25) is 0 Å². The van der Waals surface area contributed by atoms with Crippen LogP contribution < -0.4 is 0 Å². The van der Waals surface area contributed by atoms with Crippen LogP contribution in [0, 0.1) is 0 Å². The van der Waals surface area contributed by atoms with Gasteiger partial charge in [0.05, 0.1) is 13.2 Å². The summed E-state index contributed by atoms with van der Waals surface area (Å²) in [6.45, 7) is 14.0. The number of hydrogen-bond acceptors (Lipinski definition) is 6. The van der Waals surface area contributed by atoms with Gasteiger partial charge < -0.3 is 9.47 Å². The third-order valence-corrected chi connectivity index (χ3v) is 3.18. The van der Waals surface area contributed by atoms with E-state index in [1.165, 1.54) is 6.92 Å². The van der Waals surface area contributed by atoms with E-state index < -0.39 is 0 Å². The Bertz CT molecular complexity index is 299. The molecule has 0 atom stereocenters. The van der Waals surface area contributed by atoms with Crippen LogP contribution in [0.15, 0.2) is 0 Å². The van der Waals surface area contributed by atoms with Gasteiger partial charge in [0, 0.05) is 40.5 Å². The molecule has 152 valence electrons. The van der Waals surface area contributed by atoms with Crippen molar-refractivity contribution >= 4 is 11.9 Å². The third-order valence-electron chi connectivity index (χ3n) is 3.18. The minimum atomic E-state index is -0.220. The molecule has 0 aliphatic heterocycles. The van der Waals surface area contributed by atoms with Gasteiger partial charge in [0.15, 0.2) is 0 Å². The van der Waals surface area contributed by atoms with Gasteiger partial charge in [-0.1, -0.05) is 27.7 Å². The highest BCUT2D eigenvalue weighted by atomic mass is 16.5. The van der Waals surface area contributed by atoms with Crippen LogP contribution in [0.4, 0.5) is 0 Å². The second kappa shape index (κ2) is 22.9. The first-order chi connectivity index (χ1) is 12.0. The second-order valence-corrected chi connectivity index (χ2v) is 5.07. The summed E-state index contributed by atoms with van der Waals surface area (Å²) in [4.78, 5) is 21.8. The summed E-state index contributed by atoms with van der Waals surface area (Å²) in [5.41, 5.74) is 0. The molecule has 0 N–H and O–H groups in total. The number of rotatable bonds is 12. The van der Waals surface area contributed by atoms with Crippen molar-refractivity contribution in [2.24, 2.45) is 0 Å². The molecule has 0 saturated carbocycles. The summed E-state index contributed by atoms with van der Waals surface area (Å²) < 4.78 is 9.78. The number of hydrogen-bond donors (Lipinski definition) is 0. The number of nitrogens with zero attached hydrogens (tertiary/aromatic N) is 2. The molecule has 0 spiro atoms. The van der Waals surface area contributed by atoms with Gasteiger partial charge in [-0.2, -0.15) is 0 Å². The van der Waals surface area contributed by atoms with E-state index >= 15 is 0 Å².